The quantitative estimate of drug-likeness (QED) is 0.681. The highest BCUT2D eigenvalue weighted by Gasteiger charge is 2.00. The maximum atomic E-state index is 11.1. The third-order valence-electron chi connectivity index (χ3n) is 1.47. The molecule has 0 spiro atoms. The predicted molar refractivity (Wildman–Crippen MR) is 44.6 cm³/mol. The topological polar surface area (TPSA) is 37.8 Å². The molecule has 0 amide bonds. The zero-order valence-corrected chi connectivity index (χ0v) is 7.22. The number of aromatic amines is 1. The molecule has 0 unspecified atom stereocenters. The molecule has 0 aromatic carbocycles. The van der Waals surface area contributed by atoms with E-state index < -0.39 is 0 Å². The smallest absolute Gasteiger partial charge is 0.266 e. The van der Waals surface area contributed by atoms with Gasteiger partial charge in [0.2, 0.25) is 0 Å². The first kappa shape index (κ1) is 8.11. The summed E-state index contributed by atoms with van der Waals surface area (Å²) >= 11 is 0. The summed E-state index contributed by atoms with van der Waals surface area (Å²) in [7, 11) is 0. The second kappa shape index (κ2) is 2.95. The fourth-order valence-electron chi connectivity index (χ4n) is 1.06. The van der Waals surface area contributed by atoms with Crippen LogP contribution in [-0.4, -0.2) is 9.78 Å². The number of rotatable bonds is 2. The van der Waals surface area contributed by atoms with Crippen LogP contribution in [0.2, 0.25) is 0 Å². The molecule has 1 N–H and O–H groups in total. The van der Waals surface area contributed by atoms with E-state index in [-0.39, 0.29) is 5.56 Å². The average Bonchev–Trinajstić information content (AvgIpc) is 2.09. The molecule has 0 atom stereocenters. The molecule has 0 aliphatic heterocycles. The van der Waals surface area contributed by atoms with E-state index in [1.165, 1.54) is 0 Å². The van der Waals surface area contributed by atoms with Gasteiger partial charge in [-0.1, -0.05) is 13.8 Å². The van der Waals surface area contributed by atoms with Crippen LogP contribution in [0.5, 0.6) is 0 Å². The molecule has 1 aromatic heterocycles. The zero-order valence-electron chi connectivity index (χ0n) is 7.22. The molecule has 0 aliphatic carbocycles. The first-order valence-corrected chi connectivity index (χ1v) is 3.86. The van der Waals surface area contributed by atoms with Crippen LogP contribution in [-0.2, 0) is 6.54 Å². The predicted octanol–water partition coefficient (Wildman–Crippen LogP) is 1.14. The summed E-state index contributed by atoms with van der Waals surface area (Å²) in [4.78, 5) is 11.1. The Balaban J connectivity index is 2.86. The molecular weight excluding hydrogens is 140 g/mol. The minimum Gasteiger partial charge on any atom is -0.300 e. The van der Waals surface area contributed by atoms with Gasteiger partial charge in [-0.2, -0.15) is 0 Å². The second-order valence-electron chi connectivity index (χ2n) is 3.28. The molecule has 0 fully saturated rings. The van der Waals surface area contributed by atoms with Crippen LogP contribution in [0.1, 0.15) is 19.5 Å². The van der Waals surface area contributed by atoms with Crippen molar-refractivity contribution in [1.82, 2.24) is 9.78 Å². The first-order chi connectivity index (χ1) is 5.09. The van der Waals surface area contributed by atoms with Crippen LogP contribution in [0.4, 0.5) is 0 Å². The van der Waals surface area contributed by atoms with E-state index >= 15 is 0 Å². The van der Waals surface area contributed by atoms with Gasteiger partial charge in [-0.05, 0) is 12.8 Å². The number of aromatic nitrogens is 2. The number of nitrogens with zero attached hydrogens (tertiary/aromatic N) is 1. The van der Waals surface area contributed by atoms with E-state index in [0.717, 1.165) is 12.2 Å². The van der Waals surface area contributed by atoms with Gasteiger partial charge >= 0.3 is 0 Å². The third-order valence-corrected chi connectivity index (χ3v) is 1.47. The zero-order chi connectivity index (χ0) is 8.43. The monoisotopic (exact) mass is 154 g/mol. The number of nitrogens with one attached hydrogen (secondary N) is 1. The summed E-state index contributed by atoms with van der Waals surface area (Å²) in [5, 5.41) is 2.98. The third kappa shape index (κ3) is 1.97. The van der Waals surface area contributed by atoms with Crippen molar-refractivity contribution in [3.8, 4) is 0 Å². The highest BCUT2D eigenvalue weighted by Crippen LogP contribution is 1.95. The van der Waals surface area contributed by atoms with Gasteiger partial charge in [0.1, 0.15) is 0 Å². The molecular formula is C8H14N2O. The first-order valence-electron chi connectivity index (χ1n) is 3.86. The van der Waals surface area contributed by atoms with Crippen LogP contribution in [0.15, 0.2) is 10.9 Å². The van der Waals surface area contributed by atoms with Crippen molar-refractivity contribution in [3.63, 3.8) is 0 Å². The molecule has 3 heteroatoms. The Kier molecular flexibility index (Phi) is 2.17. The maximum absolute atomic E-state index is 11.1. The molecule has 1 heterocycles. The van der Waals surface area contributed by atoms with E-state index in [2.05, 4.69) is 18.9 Å². The Bertz CT molecular complexity index is 283. The van der Waals surface area contributed by atoms with Gasteiger partial charge in [0.25, 0.3) is 5.56 Å². The van der Waals surface area contributed by atoms with Crippen LogP contribution in [0.25, 0.3) is 0 Å². The van der Waals surface area contributed by atoms with Crippen molar-refractivity contribution in [2.75, 3.05) is 0 Å². The summed E-state index contributed by atoms with van der Waals surface area (Å²) < 4.78 is 1.64. The lowest BCUT2D eigenvalue weighted by Gasteiger charge is -2.03. The van der Waals surface area contributed by atoms with Crippen molar-refractivity contribution < 1.29 is 0 Å². The van der Waals surface area contributed by atoms with Crippen LogP contribution in [0.3, 0.4) is 0 Å². The second-order valence-corrected chi connectivity index (χ2v) is 3.28. The number of aryl methyl sites for hydroxylation is 1. The largest absolute Gasteiger partial charge is 0.300 e. The molecule has 0 radical (unpaired) electrons. The SMILES string of the molecule is Cc1cc(=O)n(CC(C)C)[nH]1. The standard InChI is InChI=1S/C8H14N2O/c1-6(2)5-10-8(11)4-7(3)9-10/h4,6,9H,5H2,1-3H3. The van der Waals surface area contributed by atoms with E-state index in [1.807, 2.05) is 6.92 Å². The van der Waals surface area contributed by atoms with E-state index in [4.69, 9.17) is 0 Å². The van der Waals surface area contributed by atoms with Crippen molar-refractivity contribution >= 4 is 0 Å². The number of H-pyrrole nitrogens is 1. The molecule has 0 saturated carbocycles. The van der Waals surface area contributed by atoms with Gasteiger partial charge in [-0.25, -0.2) is 0 Å². The highest BCUT2D eigenvalue weighted by molar-refractivity contribution is 4.95. The Morgan fingerprint density at radius 1 is 1.64 bits per heavy atom. The van der Waals surface area contributed by atoms with Gasteiger partial charge in [-0.15, -0.1) is 0 Å². The lowest BCUT2D eigenvalue weighted by Crippen LogP contribution is -2.18. The number of hydrogen-bond acceptors (Lipinski definition) is 1. The Labute approximate surface area is 66.0 Å². The average molecular weight is 154 g/mol. The molecule has 0 aliphatic rings. The highest BCUT2D eigenvalue weighted by atomic mass is 16.1. The Morgan fingerprint density at radius 3 is 2.64 bits per heavy atom. The lowest BCUT2D eigenvalue weighted by atomic mass is 10.2. The van der Waals surface area contributed by atoms with Crippen LogP contribution >= 0.6 is 0 Å². The Morgan fingerprint density at radius 2 is 2.27 bits per heavy atom. The molecule has 11 heavy (non-hydrogen) atoms. The normalized spacial score (nSPS) is 10.9. The fraction of sp³-hybridized carbons (Fsp3) is 0.625. The molecule has 0 saturated heterocycles. The van der Waals surface area contributed by atoms with Crippen molar-refractivity contribution in [2.24, 2.45) is 5.92 Å². The molecule has 62 valence electrons. The molecule has 1 aromatic rings. The molecule has 1 rings (SSSR count). The van der Waals surface area contributed by atoms with Gasteiger partial charge in [-0.3, -0.25) is 14.6 Å². The summed E-state index contributed by atoms with van der Waals surface area (Å²) in [5.74, 6) is 0.505. The minimum atomic E-state index is 0.0659. The molecule has 0 bridgehead atoms. The fourth-order valence-corrected chi connectivity index (χ4v) is 1.06. The Hall–Kier alpha value is -0.990. The molecule has 3 nitrogen and oxygen atoms in total. The van der Waals surface area contributed by atoms with Gasteiger partial charge in [0, 0.05) is 18.3 Å². The van der Waals surface area contributed by atoms with E-state index in [9.17, 15) is 4.79 Å². The summed E-state index contributed by atoms with van der Waals surface area (Å²) in [6, 6.07) is 1.61. The van der Waals surface area contributed by atoms with Crippen molar-refractivity contribution in [2.45, 2.75) is 27.3 Å². The summed E-state index contributed by atoms with van der Waals surface area (Å²) in [6.45, 7) is 6.83. The summed E-state index contributed by atoms with van der Waals surface area (Å²) in [6.07, 6.45) is 0. The van der Waals surface area contributed by atoms with E-state index in [0.29, 0.717) is 5.92 Å². The van der Waals surface area contributed by atoms with E-state index in [1.54, 1.807) is 10.7 Å². The van der Waals surface area contributed by atoms with Crippen LogP contribution < -0.4 is 5.56 Å². The van der Waals surface area contributed by atoms with Crippen LogP contribution in [0, 0.1) is 12.8 Å². The van der Waals surface area contributed by atoms with Crippen molar-refractivity contribution in [1.29, 1.82) is 0 Å². The van der Waals surface area contributed by atoms with Crippen molar-refractivity contribution in [3.05, 3.63) is 22.1 Å². The van der Waals surface area contributed by atoms with Gasteiger partial charge < -0.3 is 0 Å². The van der Waals surface area contributed by atoms with Gasteiger partial charge in [0.15, 0.2) is 0 Å². The minimum absolute atomic E-state index is 0.0659. The lowest BCUT2D eigenvalue weighted by molar-refractivity contribution is 0.471. The maximum Gasteiger partial charge on any atom is 0.266 e. The summed E-state index contributed by atoms with van der Waals surface area (Å²) in [5.41, 5.74) is 0.992. The van der Waals surface area contributed by atoms with Gasteiger partial charge in [0.05, 0.1) is 0 Å². The number of hydrogen-bond donors (Lipinski definition) is 1.